The summed E-state index contributed by atoms with van der Waals surface area (Å²) in [6.07, 6.45) is 2.77. The Labute approximate surface area is 71.7 Å². The highest BCUT2D eigenvalue weighted by molar-refractivity contribution is 5.97. The van der Waals surface area contributed by atoms with E-state index < -0.39 is 5.91 Å². The largest absolute Gasteiger partial charge is 0.369 e. The van der Waals surface area contributed by atoms with Gasteiger partial charge in [0.15, 0.2) is 0 Å². The molecule has 0 aromatic rings. The van der Waals surface area contributed by atoms with Crippen LogP contribution in [0.2, 0.25) is 0 Å². The highest BCUT2D eigenvalue weighted by Gasteiger charge is 2.24. The molecule has 1 fully saturated rings. The van der Waals surface area contributed by atoms with Gasteiger partial charge in [-0.25, -0.2) is 0 Å². The number of carbonyl (C=O) groups excluding carboxylic acids is 2. The summed E-state index contributed by atoms with van der Waals surface area (Å²) in [5.41, 5.74) is 4.83. The fourth-order valence-electron chi connectivity index (χ4n) is 0.910. The van der Waals surface area contributed by atoms with Crippen LogP contribution in [0.25, 0.3) is 0 Å². The average Bonchev–Trinajstić information content (AvgIpc) is 2.46. The van der Waals surface area contributed by atoms with E-state index in [0.717, 1.165) is 12.8 Å². The monoisotopic (exact) mass is 177 g/mol. The molecule has 4 heteroatoms. The Kier molecular flexibility index (Phi) is 4.11. The molecule has 0 spiro atoms. The molecule has 0 aromatic carbocycles. The Morgan fingerprint density at radius 2 is 1.91 bits per heavy atom. The Morgan fingerprint density at radius 3 is 2.27 bits per heavy atom. The summed E-state index contributed by atoms with van der Waals surface area (Å²) >= 11 is 0. The van der Waals surface area contributed by atoms with Crippen LogP contribution in [0.3, 0.4) is 0 Å². The lowest BCUT2D eigenvalue weighted by molar-refractivity contribution is -0.126. The predicted octanol–water partition coefficient (Wildman–Crippen LogP) is 0.653. The van der Waals surface area contributed by atoms with Crippen LogP contribution in [-0.4, -0.2) is 11.7 Å². The van der Waals surface area contributed by atoms with E-state index in [2.05, 4.69) is 0 Å². The summed E-state index contributed by atoms with van der Waals surface area (Å²) in [7, 11) is 0. The highest BCUT2D eigenvalue weighted by Crippen LogP contribution is 2.32. The maximum Gasteiger partial charge on any atom is 0.224 e. The number of rotatable bonds is 4. The van der Waals surface area contributed by atoms with E-state index in [4.69, 9.17) is 5.73 Å². The first-order chi connectivity index (χ1) is 4.68. The molecule has 11 heavy (non-hydrogen) atoms. The van der Waals surface area contributed by atoms with E-state index in [1.807, 2.05) is 0 Å². The van der Waals surface area contributed by atoms with Gasteiger partial charge in [-0.2, -0.15) is 0 Å². The number of primary amides is 1. The van der Waals surface area contributed by atoms with E-state index in [1.165, 1.54) is 0 Å². The fourth-order valence-corrected chi connectivity index (χ4v) is 0.910. The van der Waals surface area contributed by atoms with Crippen LogP contribution in [-0.2, 0) is 9.59 Å². The van der Waals surface area contributed by atoms with Gasteiger partial charge in [0.25, 0.3) is 0 Å². The van der Waals surface area contributed by atoms with E-state index in [-0.39, 0.29) is 24.6 Å². The van der Waals surface area contributed by atoms with Crippen molar-refractivity contribution in [2.24, 2.45) is 11.7 Å². The summed E-state index contributed by atoms with van der Waals surface area (Å²) in [4.78, 5) is 21.0. The first kappa shape index (κ1) is 10.4. The Balaban J connectivity index is 0.000001000. The van der Waals surface area contributed by atoms with Crippen LogP contribution in [0.5, 0.6) is 0 Å². The molecule has 0 aliphatic heterocycles. The zero-order chi connectivity index (χ0) is 7.56. The molecule has 1 rings (SSSR count). The molecule has 2 N–H and O–H groups in total. The third-order valence-electron chi connectivity index (χ3n) is 1.58. The molecule has 0 saturated heterocycles. The predicted molar refractivity (Wildman–Crippen MR) is 43.4 cm³/mol. The quantitative estimate of drug-likeness (QED) is 0.642. The number of halogens is 1. The zero-order valence-corrected chi connectivity index (χ0v) is 7.02. The van der Waals surface area contributed by atoms with Crippen LogP contribution in [0, 0.1) is 5.92 Å². The Bertz CT molecular complexity index is 166. The van der Waals surface area contributed by atoms with Crippen molar-refractivity contribution in [3.8, 4) is 0 Å². The van der Waals surface area contributed by atoms with Gasteiger partial charge in [0.2, 0.25) is 5.91 Å². The molecule has 0 atom stereocenters. The average molecular weight is 178 g/mol. The zero-order valence-electron chi connectivity index (χ0n) is 6.21. The third kappa shape index (κ3) is 4.79. The van der Waals surface area contributed by atoms with Gasteiger partial charge in [0.05, 0.1) is 6.42 Å². The second kappa shape index (κ2) is 4.34. The molecule has 0 heterocycles. The number of hydrogen-bond acceptors (Lipinski definition) is 2. The van der Waals surface area contributed by atoms with Crippen LogP contribution in [0.4, 0.5) is 0 Å². The molecule has 0 aromatic heterocycles. The van der Waals surface area contributed by atoms with E-state index >= 15 is 0 Å². The van der Waals surface area contributed by atoms with E-state index in [0.29, 0.717) is 12.3 Å². The number of Topliss-reactive ketones (excluding diaryl/α,β-unsaturated/α-hetero) is 1. The van der Waals surface area contributed by atoms with Gasteiger partial charge in [-0.3, -0.25) is 9.59 Å². The van der Waals surface area contributed by atoms with Gasteiger partial charge in [-0.05, 0) is 18.8 Å². The number of nitrogens with two attached hydrogens (primary N) is 1. The fraction of sp³-hybridized carbons (Fsp3) is 0.714. The minimum Gasteiger partial charge on any atom is -0.369 e. The van der Waals surface area contributed by atoms with Gasteiger partial charge < -0.3 is 5.73 Å². The Morgan fingerprint density at radius 1 is 1.36 bits per heavy atom. The molecular formula is C7H12ClNO2. The van der Waals surface area contributed by atoms with Crippen LogP contribution < -0.4 is 5.73 Å². The van der Waals surface area contributed by atoms with Crippen molar-refractivity contribution in [2.75, 3.05) is 0 Å². The van der Waals surface area contributed by atoms with Gasteiger partial charge in [-0.15, -0.1) is 12.4 Å². The molecule has 0 unspecified atom stereocenters. The Hall–Kier alpha value is -0.570. The van der Waals surface area contributed by atoms with Crippen LogP contribution >= 0.6 is 12.4 Å². The molecule has 64 valence electrons. The normalized spacial score (nSPS) is 15.3. The molecule has 1 aliphatic rings. The molecule has 3 nitrogen and oxygen atoms in total. The molecule has 0 bridgehead atoms. The molecule has 1 amide bonds. The maximum atomic E-state index is 10.8. The number of hydrogen-bond donors (Lipinski definition) is 1. The summed E-state index contributed by atoms with van der Waals surface area (Å²) < 4.78 is 0. The minimum absolute atomic E-state index is 0. The number of carbonyl (C=O) groups is 2. The third-order valence-corrected chi connectivity index (χ3v) is 1.58. The summed E-state index contributed by atoms with van der Waals surface area (Å²) in [6, 6.07) is 0. The number of ketones is 1. The molecule has 0 radical (unpaired) electrons. The summed E-state index contributed by atoms with van der Waals surface area (Å²) in [5, 5.41) is 0. The van der Waals surface area contributed by atoms with Crippen molar-refractivity contribution in [3.63, 3.8) is 0 Å². The van der Waals surface area contributed by atoms with E-state index in [1.54, 1.807) is 0 Å². The molecule has 1 aliphatic carbocycles. The maximum absolute atomic E-state index is 10.8. The van der Waals surface area contributed by atoms with Crippen molar-refractivity contribution in [2.45, 2.75) is 25.7 Å². The first-order valence-electron chi connectivity index (χ1n) is 3.48. The summed E-state index contributed by atoms with van der Waals surface area (Å²) in [6.45, 7) is 0. The van der Waals surface area contributed by atoms with E-state index in [9.17, 15) is 9.59 Å². The first-order valence-corrected chi connectivity index (χ1v) is 3.48. The summed E-state index contributed by atoms with van der Waals surface area (Å²) in [5.74, 6) is 0.0486. The van der Waals surface area contributed by atoms with Crippen LogP contribution in [0.1, 0.15) is 25.7 Å². The van der Waals surface area contributed by atoms with Crippen molar-refractivity contribution in [1.82, 2.24) is 0 Å². The number of amides is 1. The van der Waals surface area contributed by atoms with Crippen molar-refractivity contribution in [1.29, 1.82) is 0 Å². The lowest BCUT2D eigenvalue weighted by atomic mass is 10.1. The minimum atomic E-state index is -0.509. The van der Waals surface area contributed by atoms with Gasteiger partial charge in [-0.1, -0.05) is 0 Å². The second-order valence-corrected chi connectivity index (χ2v) is 2.83. The standard InChI is InChI=1S/C7H11NO2.ClH/c8-7(10)4-6(9)3-5-1-2-5;/h5H,1-4H2,(H2,8,10);1H. The van der Waals surface area contributed by atoms with Crippen molar-refractivity contribution >= 4 is 24.1 Å². The highest BCUT2D eigenvalue weighted by atomic mass is 35.5. The lowest BCUT2D eigenvalue weighted by Gasteiger charge is -1.92. The topological polar surface area (TPSA) is 60.2 Å². The SMILES string of the molecule is Cl.NC(=O)CC(=O)CC1CC1. The van der Waals surface area contributed by atoms with Gasteiger partial charge >= 0.3 is 0 Å². The molecular weight excluding hydrogens is 166 g/mol. The van der Waals surface area contributed by atoms with Crippen LogP contribution in [0.15, 0.2) is 0 Å². The van der Waals surface area contributed by atoms with Crippen molar-refractivity contribution in [3.05, 3.63) is 0 Å². The van der Waals surface area contributed by atoms with Gasteiger partial charge in [0, 0.05) is 6.42 Å². The lowest BCUT2D eigenvalue weighted by Crippen LogP contribution is -2.16. The second-order valence-electron chi connectivity index (χ2n) is 2.83. The van der Waals surface area contributed by atoms with Gasteiger partial charge in [0.1, 0.15) is 5.78 Å². The smallest absolute Gasteiger partial charge is 0.224 e. The molecule has 1 saturated carbocycles. The van der Waals surface area contributed by atoms with Crippen molar-refractivity contribution < 1.29 is 9.59 Å².